The van der Waals surface area contributed by atoms with E-state index in [-0.39, 0.29) is 51.8 Å². The third-order valence-corrected chi connectivity index (χ3v) is 10.6. The Hall–Kier alpha value is -3.35. The highest BCUT2D eigenvalue weighted by Gasteiger charge is 2.60. The summed E-state index contributed by atoms with van der Waals surface area (Å²) in [6.07, 6.45) is 3.63. The standard InChI is InChI=1S/C28H28ClFN4O6S/c1-39-26(36)16-4-5-17-12-28(17,9-8-16)27-33-32-24(40-27)19-10-22-23(11-20(19)30)41(37,38)14-21(31)25(35)34(22)13-15-2-6-18(29)7-3-15/h2-3,6-7,10-11,16-17,21H,4-5,8-9,12-14,31H2,1H3/t16?,17?,21-,28?/m0/s1. The largest absolute Gasteiger partial charge is 0.469 e. The van der Waals surface area contributed by atoms with Gasteiger partial charge in [-0.3, -0.25) is 9.59 Å². The number of carbonyl (C=O) groups is 2. The molecule has 10 nitrogen and oxygen atoms in total. The molecule has 3 aliphatic rings. The third-order valence-electron chi connectivity index (χ3n) is 8.56. The third kappa shape index (κ3) is 4.91. The normalized spacial score (nSPS) is 26.9. The monoisotopic (exact) mass is 602 g/mol. The molecule has 2 heterocycles. The molecule has 2 aromatic carbocycles. The van der Waals surface area contributed by atoms with Gasteiger partial charge in [0.25, 0.3) is 5.89 Å². The quantitative estimate of drug-likeness (QED) is 0.431. The number of aromatic nitrogens is 2. The Morgan fingerprint density at radius 1 is 1.22 bits per heavy atom. The Morgan fingerprint density at radius 2 is 1.98 bits per heavy atom. The van der Waals surface area contributed by atoms with Gasteiger partial charge < -0.3 is 19.8 Å². The number of benzene rings is 2. The summed E-state index contributed by atoms with van der Waals surface area (Å²) < 4.78 is 52.8. The topological polar surface area (TPSA) is 146 Å². The molecule has 2 saturated carbocycles. The minimum absolute atomic E-state index is 0.0153. The molecule has 6 rings (SSSR count). The molecule has 216 valence electrons. The van der Waals surface area contributed by atoms with E-state index in [9.17, 15) is 18.0 Å². The lowest BCUT2D eigenvalue weighted by Gasteiger charge is -2.24. The molecule has 2 aliphatic carbocycles. The second kappa shape index (κ2) is 10.2. The lowest BCUT2D eigenvalue weighted by atomic mass is 9.94. The Labute approximate surface area is 240 Å². The molecule has 0 spiro atoms. The van der Waals surface area contributed by atoms with Crippen LogP contribution in [0.2, 0.25) is 5.02 Å². The van der Waals surface area contributed by atoms with Crippen LogP contribution in [0.4, 0.5) is 10.1 Å². The van der Waals surface area contributed by atoms with E-state index >= 15 is 4.39 Å². The van der Waals surface area contributed by atoms with Crippen LogP contribution in [-0.4, -0.2) is 49.4 Å². The van der Waals surface area contributed by atoms with E-state index in [0.717, 1.165) is 18.9 Å². The van der Waals surface area contributed by atoms with Crippen molar-refractivity contribution in [1.82, 2.24) is 10.2 Å². The Kier molecular flexibility index (Phi) is 6.90. The fraction of sp³-hybridized carbons (Fsp3) is 0.429. The molecule has 2 N–H and O–H groups in total. The first-order valence-electron chi connectivity index (χ1n) is 13.3. The Morgan fingerprint density at radius 3 is 2.71 bits per heavy atom. The van der Waals surface area contributed by atoms with Gasteiger partial charge in [0.2, 0.25) is 11.8 Å². The first kappa shape index (κ1) is 27.8. The number of anilines is 1. The maximum atomic E-state index is 15.5. The number of fused-ring (bicyclic) bond motifs is 2. The number of methoxy groups -OCH3 is 1. The summed E-state index contributed by atoms with van der Waals surface area (Å²) in [6.45, 7) is -0.0153. The van der Waals surface area contributed by atoms with Crippen molar-refractivity contribution in [1.29, 1.82) is 0 Å². The number of rotatable bonds is 5. The van der Waals surface area contributed by atoms with E-state index in [1.807, 2.05) is 0 Å². The summed E-state index contributed by atoms with van der Waals surface area (Å²) in [5.41, 5.74) is 6.12. The summed E-state index contributed by atoms with van der Waals surface area (Å²) in [6, 6.07) is 7.52. The average Bonchev–Trinajstić information content (AvgIpc) is 3.50. The maximum Gasteiger partial charge on any atom is 0.308 e. The zero-order valence-electron chi connectivity index (χ0n) is 22.2. The van der Waals surface area contributed by atoms with Crippen molar-refractivity contribution in [2.75, 3.05) is 17.8 Å². The van der Waals surface area contributed by atoms with Crippen LogP contribution in [0.5, 0.6) is 0 Å². The highest BCUT2D eigenvalue weighted by molar-refractivity contribution is 7.91. The summed E-state index contributed by atoms with van der Waals surface area (Å²) >= 11 is 6.00. The number of amides is 1. The highest BCUT2D eigenvalue weighted by Crippen LogP contribution is 2.61. The van der Waals surface area contributed by atoms with Crippen LogP contribution >= 0.6 is 11.6 Å². The summed E-state index contributed by atoms with van der Waals surface area (Å²) in [7, 11) is -2.72. The van der Waals surface area contributed by atoms with Crippen molar-refractivity contribution < 1.29 is 31.6 Å². The van der Waals surface area contributed by atoms with Crippen LogP contribution in [0, 0.1) is 17.7 Å². The number of nitrogens with zero attached hydrogens (tertiary/aromatic N) is 3. The van der Waals surface area contributed by atoms with Gasteiger partial charge in [0.15, 0.2) is 9.84 Å². The van der Waals surface area contributed by atoms with Crippen molar-refractivity contribution in [3.8, 4) is 11.5 Å². The second-order valence-corrected chi connectivity index (χ2v) is 13.5. The van der Waals surface area contributed by atoms with Crippen LogP contribution in [-0.2, 0) is 36.1 Å². The van der Waals surface area contributed by atoms with Gasteiger partial charge in [0, 0.05) is 5.02 Å². The maximum absolute atomic E-state index is 15.5. The Bertz CT molecular complexity index is 1650. The van der Waals surface area contributed by atoms with Gasteiger partial charge in [-0.1, -0.05) is 23.7 Å². The van der Waals surface area contributed by atoms with Crippen molar-refractivity contribution in [3.05, 3.63) is 58.7 Å². The second-order valence-electron chi connectivity index (χ2n) is 11.0. The van der Waals surface area contributed by atoms with E-state index in [1.165, 1.54) is 18.1 Å². The van der Waals surface area contributed by atoms with Gasteiger partial charge in [-0.15, -0.1) is 10.2 Å². The predicted molar refractivity (Wildman–Crippen MR) is 146 cm³/mol. The van der Waals surface area contributed by atoms with Crippen molar-refractivity contribution >= 4 is 39.0 Å². The van der Waals surface area contributed by atoms with E-state index < -0.39 is 33.4 Å². The minimum Gasteiger partial charge on any atom is -0.469 e. The molecule has 1 aromatic heterocycles. The number of esters is 1. The van der Waals surface area contributed by atoms with Crippen LogP contribution in [0.15, 0.2) is 45.7 Å². The molecule has 4 atom stereocenters. The van der Waals surface area contributed by atoms with Crippen LogP contribution in [0.3, 0.4) is 0 Å². The average molecular weight is 603 g/mol. The number of sulfone groups is 1. The molecule has 0 saturated heterocycles. The number of ether oxygens (including phenoxy) is 1. The zero-order valence-corrected chi connectivity index (χ0v) is 23.8. The molecule has 0 bridgehead atoms. The summed E-state index contributed by atoms with van der Waals surface area (Å²) in [5, 5.41) is 8.87. The first-order chi connectivity index (χ1) is 19.5. The number of carbonyl (C=O) groups excluding carboxylic acids is 2. The highest BCUT2D eigenvalue weighted by atomic mass is 35.5. The lowest BCUT2D eigenvalue weighted by molar-refractivity contribution is -0.146. The fourth-order valence-electron chi connectivity index (χ4n) is 6.17. The Balaban J connectivity index is 1.38. The molecule has 1 aliphatic heterocycles. The molecule has 0 radical (unpaired) electrons. The van der Waals surface area contributed by atoms with Crippen molar-refractivity contribution in [3.63, 3.8) is 0 Å². The number of hydrogen-bond donors (Lipinski definition) is 1. The summed E-state index contributed by atoms with van der Waals surface area (Å²) in [5.74, 6) is -2.08. The van der Waals surface area contributed by atoms with Gasteiger partial charge in [-0.25, -0.2) is 12.8 Å². The molecule has 13 heteroatoms. The molecular weight excluding hydrogens is 575 g/mol. The predicted octanol–water partition coefficient (Wildman–Crippen LogP) is 3.80. The van der Waals surface area contributed by atoms with Gasteiger partial charge >= 0.3 is 5.97 Å². The van der Waals surface area contributed by atoms with Gasteiger partial charge in [0.05, 0.1) is 52.9 Å². The number of hydrogen-bond acceptors (Lipinski definition) is 9. The minimum atomic E-state index is -4.10. The molecule has 3 aromatic rings. The van der Waals surface area contributed by atoms with E-state index in [0.29, 0.717) is 35.7 Å². The fourth-order valence-corrected chi connectivity index (χ4v) is 7.86. The van der Waals surface area contributed by atoms with Crippen molar-refractivity contribution in [2.45, 2.75) is 55.0 Å². The smallest absolute Gasteiger partial charge is 0.308 e. The van der Waals surface area contributed by atoms with E-state index in [1.54, 1.807) is 24.3 Å². The summed E-state index contributed by atoms with van der Waals surface area (Å²) in [4.78, 5) is 26.3. The molecule has 3 unspecified atom stereocenters. The lowest BCUT2D eigenvalue weighted by Crippen LogP contribution is -2.45. The number of halogens is 2. The zero-order chi connectivity index (χ0) is 29.1. The van der Waals surface area contributed by atoms with Gasteiger partial charge in [0.1, 0.15) is 5.82 Å². The molecule has 1 amide bonds. The first-order valence-corrected chi connectivity index (χ1v) is 15.4. The van der Waals surface area contributed by atoms with Crippen LogP contribution in [0.1, 0.15) is 43.6 Å². The molecule has 41 heavy (non-hydrogen) atoms. The molecule has 2 fully saturated rings. The van der Waals surface area contributed by atoms with Gasteiger partial charge in [-0.2, -0.15) is 0 Å². The van der Waals surface area contributed by atoms with Gasteiger partial charge in [-0.05, 0) is 67.9 Å². The van der Waals surface area contributed by atoms with Crippen LogP contribution < -0.4 is 10.6 Å². The number of nitrogens with two attached hydrogens (primary N) is 1. The van der Waals surface area contributed by atoms with E-state index in [2.05, 4.69) is 10.2 Å². The van der Waals surface area contributed by atoms with Crippen molar-refractivity contribution in [2.24, 2.45) is 17.6 Å². The van der Waals surface area contributed by atoms with Crippen LogP contribution in [0.25, 0.3) is 11.5 Å². The van der Waals surface area contributed by atoms with E-state index in [4.69, 9.17) is 26.5 Å². The SMILES string of the molecule is COC(=O)C1CCC2CC2(c2nnc(-c3cc4c(cc3F)S(=O)(=O)C[C@H](N)C(=O)N4Cc3ccc(Cl)cc3)o2)CC1. The molecular formula is C28H28ClFN4O6S.